The molecular weight excluding hydrogens is 329 g/mol. The average Bonchev–Trinajstić information content (AvgIpc) is 2.56. The van der Waals surface area contributed by atoms with E-state index >= 15 is 0 Å². The van der Waals surface area contributed by atoms with Crippen LogP contribution in [0.2, 0.25) is 0 Å². The zero-order chi connectivity index (χ0) is 17.7. The van der Waals surface area contributed by atoms with Gasteiger partial charge in [-0.15, -0.1) is 0 Å². The number of anilines is 1. The number of aryl methyl sites for hydroxylation is 1. The van der Waals surface area contributed by atoms with Crippen molar-refractivity contribution in [2.75, 3.05) is 5.32 Å². The molecule has 0 bridgehead atoms. The summed E-state index contributed by atoms with van der Waals surface area (Å²) >= 11 is 0. The van der Waals surface area contributed by atoms with Crippen LogP contribution in [-0.4, -0.2) is 19.6 Å². The van der Waals surface area contributed by atoms with Gasteiger partial charge in [0.15, 0.2) is 9.84 Å². The smallest absolute Gasteiger partial charge is 0.242 e. The molecule has 128 valence electrons. The second-order valence-electron chi connectivity index (χ2n) is 5.58. The second-order valence-corrected chi connectivity index (χ2v) is 7.90. The van der Waals surface area contributed by atoms with Crippen molar-refractivity contribution >= 4 is 21.4 Å². The van der Waals surface area contributed by atoms with E-state index in [0.717, 1.165) is 12.0 Å². The highest BCUT2D eigenvalue weighted by Crippen LogP contribution is 2.17. The molecule has 2 aromatic carbocycles. The molecule has 2 rings (SSSR count). The van der Waals surface area contributed by atoms with Crippen LogP contribution < -0.4 is 5.32 Å². The van der Waals surface area contributed by atoms with Crippen molar-refractivity contribution in [2.24, 2.45) is 0 Å². The van der Waals surface area contributed by atoms with Crippen molar-refractivity contribution in [3.05, 3.63) is 65.5 Å². The van der Waals surface area contributed by atoms with Crippen LogP contribution in [0.25, 0.3) is 0 Å². The lowest BCUT2D eigenvalue weighted by atomic mass is 10.1. The molecule has 0 aliphatic rings. The summed E-state index contributed by atoms with van der Waals surface area (Å²) in [6.45, 7) is 3.33. The standard InChI is InChI=1S/C18H20FNO3S/c1-3-14-8-10-16(11-9-14)20-18(21)13(2)24(22,23)12-15-6-4-5-7-17(15)19/h4-11,13H,3,12H2,1-2H3,(H,20,21)/t13-/m1/s1. The minimum absolute atomic E-state index is 0.0597. The topological polar surface area (TPSA) is 63.2 Å². The number of benzene rings is 2. The van der Waals surface area contributed by atoms with Gasteiger partial charge in [-0.2, -0.15) is 0 Å². The van der Waals surface area contributed by atoms with Gasteiger partial charge in [-0.05, 0) is 37.1 Å². The Labute approximate surface area is 141 Å². The molecule has 2 aromatic rings. The largest absolute Gasteiger partial charge is 0.325 e. The maximum atomic E-state index is 13.6. The zero-order valence-electron chi connectivity index (χ0n) is 13.6. The molecule has 0 spiro atoms. The van der Waals surface area contributed by atoms with E-state index in [4.69, 9.17) is 0 Å². The predicted molar refractivity (Wildman–Crippen MR) is 92.9 cm³/mol. The Bertz CT molecular complexity index is 816. The molecule has 1 amide bonds. The Morgan fingerprint density at radius 2 is 1.75 bits per heavy atom. The molecule has 1 N–H and O–H groups in total. The highest BCUT2D eigenvalue weighted by Gasteiger charge is 2.29. The SMILES string of the molecule is CCc1ccc(NC(=O)[C@@H](C)S(=O)(=O)Cc2ccccc2F)cc1. The van der Waals surface area contributed by atoms with E-state index in [0.29, 0.717) is 5.69 Å². The van der Waals surface area contributed by atoms with Crippen LogP contribution in [0.5, 0.6) is 0 Å². The fourth-order valence-electron chi connectivity index (χ4n) is 2.19. The third kappa shape index (κ3) is 4.41. The minimum Gasteiger partial charge on any atom is -0.325 e. The summed E-state index contributed by atoms with van der Waals surface area (Å²) in [6, 6.07) is 12.9. The lowest BCUT2D eigenvalue weighted by Crippen LogP contribution is -2.33. The van der Waals surface area contributed by atoms with E-state index in [-0.39, 0.29) is 5.56 Å². The van der Waals surface area contributed by atoms with Crippen molar-refractivity contribution in [1.82, 2.24) is 0 Å². The summed E-state index contributed by atoms with van der Waals surface area (Å²) < 4.78 is 38.4. The third-order valence-corrected chi connectivity index (χ3v) is 5.86. The lowest BCUT2D eigenvalue weighted by molar-refractivity contribution is -0.115. The Balaban J connectivity index is 2.09. The van der Waals surface area contributed by atoms with Crippen LogP contribution in [0.15, 0.2) is 48.5 Å². The van der Waals surface area contributed by atoms with Gasteiger partial charge >= 0.3 is 0 Å². The van der Waals surface area contributed by atoms with Gasteiger partial charge < -0.3 is 5.32 Å². The van der Waals surface area contributed by atoms with Gasteiger partial charge in [-0.25, -0.2) is 12.8 Å². The first-order chi connectivity index (χ1) is 11.3. The van der Waals surface area contributed by atoms with Crippen molar-refractivity contribution in [3.8, 4) is 0 Å². The van der Waals surface area contributed by atoms with Crippen LogP contribution in [0.4, 0.5) is 10.1 Å². The van der Waals surface area contributed by atoms with Crippen molar-refractivity contribution in [1.29, 1.82) is 0 Å². The Hall–Kier alpha value is -2.21. The molecule has 0 aliphatic heterocycles. The molecule has 24 heavy (non-hydrogen) atoms. The summed E-state index contributed by atoms with van der Waals surface area (Å²) in [5.41, 5.74) is 1.71. The summed E-state index contributed by atoms with van der Waals surface area (Å²) in [6.07, 6.45) is 0.877. The van der Waals surface area contributed by atoms with E-state index in [1.165, 1.54) is 25.1 Å². The molecule has 0 radical (unpaired) electrons. The van der Waals surface area contributed by atoms with Crippen LogP contribution in [0.3, 0.4) is 0 Å². The van der Waals surface area contributed by atoms with Crippen molar-refractivity contribution in [3.63, 3.8) is 0 Å². The molecule has 1 atom stereocenters. The molecule has 0 saturated heterocycles. The maximum absolute atomic E-state index is 13.6. The number of hydrogen-bond donors (Lipinski definition) is 1. The first-order valence-electron chi connectivity index (χ1n) is 7.68. The number of hydrogen-bond acceptors (Lipinski definition) is 3. The number of carbonyl (C=O) groups excluding carboxylic acids is 1. The summed E-state index contributed by atoms with van der Waals surface area (Å²) in [4.78, 5) is 12.2. The Morgan fingerprint density at radius 3 is 2.33 bits per heavy atom. The minimum atomic E-state index is -3.82. The monoisotopic (exact) mass is 349 g/mol. The number of halogens is 1. The highest BCUT2D eigenvalue weighted by atomic mass is 32.2. The highest BCUT2D eigenvalue weighted by molar-refractivity contribution is 7.92. The van der Waals surface area contributed by atoms with Crippen molar-refractivity contribution < 1.29 is 17.6 Å². The van der Waals surface area contributed by atoms with Gasteiger partial charge in [-0.3, -0.25) is 4.79 Å². The van der Waals surface area contributed by atoms with Gasteiger partial charge in [-0.1, -0.05) is 37.3 Å². The van der Waals surface area contributed by atoms with Gasteiger partial charge in [0, 0.05) is 11.3 Å². The fourth-order valence-corrected chi connectivity index (χ4v) is 3.49. The summed E-state index contributed by atoms with van der Waals surface area (Å²) in [5.74, 6) is -1.73. The second kappa shape index (κ2) is 7.57. The van der Waals surface area contributed by atoms with E-state index in [1.54, 1.807) is 18.2 Å². The molecule has 0 fully saturated rings. The predicted octanol–water partition coefficient (Wildman–Crippen LogP) is 3.33. The lowest BCUT2D eigenvalue weighted by Gasteiger charge is -2.14. The van der Waals surface area contributed by atoms with Crippen LogP contribution in [0, 0.1) is 5.82 Å². The quantitative estimate of drug-likeness (QED) is 0.870. The van der Waals surface area contributed by atoms with Gasteiger partial charge in [0.25, 0.3) is 0 Å². The van der Waals surface area contributed by atoms with Crippen LogP contribution >= 0.6 is 0 Å². The number of rotatable bonds is 6. The molecule has 0 unspecified atom stereocenters. The van der Waals surface area contributed by atoms with E-state index in [9.17, 15) is 17.6 Å². The van der Waals surface area contributed by atoms with E-state index in [2.05, 4.69) is 5.32 Å². The number of carbonyl (C=O) groups is 1. The van der Waals surface area contributed by atoms with E-state index in [1.807, 2.05) is 19.1 Å². The number of amides is 1. The van der Waals surface area contributed by atoms with Crippen molar-refractivity contribution in [2.45, 2.75) is 31.3 Å². The van der Waals surface area contributed by atoms with Crippen LogP contribution in [0.1, 0.15) is 25.0 Å². The van der Waals surface area contributed by atoms with E-state index < -0.39 is 32.6 Å². The Kier molecular flexibility index (Phi) is 5.72. The number of sulfone groups is 1. The summed E-state index contributed by atoms with van der Waals surface area (Å²) in [5, 5.41) is 1.31. The average molecular weight is 349 g/mol. The normalized spacial score (nSPS) is 12.6. The molecule has 6 heteroatoms. The molecule has 0 heterocycles. The van der Waals surface area contributed by atoms with Gasteiger partial charge in [0.2, 0.25) is 5.91 Å². The molecule has 0 aromatic heterocycles. The Morgan fingerprint density at radius 1 is 1.12 bits per heavy atom. The molecular formula is C18H20FNO3S. The van der Waals surface area contributed by atoms with Crippen LogP contribution in [-0.2, 0) is 26.8 Å². The fraction of sp³-hybridized carbons (Fsp3) is 0.278. The van der Waals surface area contributed by atoms with Gasteiger partial charge in [0.05, 0.1) is 5.75 Å². The summed E-state index contributed by atoms with van der Waals surface area (Å²) in [7, 11) is -3.82. The van der Waals surface area contributed by atoms with Gasteiger partial charge in [0.1, 0.15) is 11.1 Å². The molecule has 0 aliphatic carbocycles. The first-order valence-corrected chi connectivity index (χ1v) is 9.40. The maximum Gasteiger partial charge on any atom is 0.242 e. The molecule has 0 saturated carbocycles. The number of nitrogens with one attached hydrogen (secondary N) is 1. The first kappa shape index (κ1) is 18.1. The third-order valence-electron chi connectivity index (χ3n) is 3.85. The molecule has 4 nitrogen and oxygen atoms in total. The zero-order valence-corrected chi connectivity index (χ0v) is 14.4.